The van der Waals surface area contributed by atoms with E-state index in [2.05, 4.69) is 4.98 Å². The number of nitrogens with zero attached hydrogens (tertiary/aromatic N) is 2. The van der Waals surface area contributed by atoms with Gasteiger partial charge in [-0.25, -0.2) is 9.78 Å². The molecule has 0 bridgehead atoms. The predicted octanol–water partition coefficient (Wildman–Crippen LogP) is 2.35. The highest BCUT2D eigenvalue weighted by Gasteiger charge is 2.07. The van der Waals surface area contributed by atoms with Crippen molar-refractivity contribution in [2.24, 2.45) is 0 Å². The summed E-state index contributed by atoms with van der Waals surface area (Å²) in [5.41, 5.74) is 1.78. The Hall–Kier alpha value is -1.88. The normalized spacial score (nSPS) is 11.2. The summed E-state index contributed by atoms with van der Waals surface area (Å²) in [6, 6.07) is 1.92. The largest absolute Gasteiger partial charge is 0.478 e. The van der Waals surface area contributed by atoms with Crippen LogP contribution in [0.4, 0.5) is 5.82 Å². The van der Waals surface area contributed by atoms with E-state index in [1.54, 1.807) is 6.20 Å². The van der Waals surface area contributed by atoms with Crippen molar-refractivity contribution >= 4 is 17.9 Å². The SMILES string of the molecule is Cc1cc(/C=C/C(=O)O)cnc1N(C)CCOC(C)C. The van der Waals surface area contributed by atoms with Gasteiger partial charge in [0.2, 0.25) is 0 Å². The molecule has 1 N–H and O–H groups in total. The molecular weight excluding hydrogens is 256 g/mol. The topological polar surface area (TPSA) is 62.7 Å². The van der Waals surface area contributed by atoms with Crippen LogP contribution < -0.4 is 4.90 Å². The first-order valence-corrected chi connectivity index (χ1v) is 6.60. The number of aromatic nitrogens is 1. The highest BCUT2D eigenvalue weighted by atomic mass is 16.5. The zero-order valence-corrected chi connectivity index (χ0v) is 12.5. The van der Waals surface area contributed by atoms with E-state index in [-0.39, 0.29) is 6.10 Å². The predicted molar refractivity (Wildman–Crippen MR) is 80.0 cm³/mol. The maximum absolute atomic E-state index is 10.5. The van der Waals surface area contributed by atoms with E-state index >= 15 is 0 Å². The number of aryl methyl sites for hydroxylation is 1. The molecule has 0 amide bonds. The summed E-state index contributed by atoms with van der Waals surface area (Å²) in [7, 11) is 1.96. The number of aliphatic carboxylic acids is 1. The van der Waals surface area contributed by atoms with Gasteiger partial charge < -0.3 is 14.7 Å². The fraction of sp³-hybridized carbons (Fsp3) is 0.467. The van der Waals surface area contributed by atoms with Crippen molar-refractivity contribution in [1.29, 1.82) is 0 Å². The Morgan fingerprint density at radius 1 is 1.55 bits per heavy atom. The van der Waals surface area contributed by atoms with Gasteiger partial charge in [-0.1, -0.05) is 0 Å². The highest BCUT2D eigenvalue weighted by Crippen LogP contribution is 2.17. The van der Waals surface area contributed by atoms with Crippen LogP contribution in [0.5, 0.6) is 0 Å². The summed E-state index contributed by atoms with van der Waals surface area (Å²) in [5, 5.41) is 8.60. The zero-order valence-electron chi connectivity index (χ0n) is 12.5. The van der Waals surface area contributed by atoms with Gasteiger partial charge in [-0.05, 0) is 44.0 Å². The van der Waals surface area contributed by atoms with Crippen molar-refractivity contribution in [3.8, 4) is 0 Å². The number of likely N-dealkylation sites (N-methyl/N-ethyl adjacent to an activating group) is 1. The lowest BCUT2D eigenvalue weighted by molar-refractivity contribution is -0.131. The number of hydrogen-bond donors (Lipinski definition) is 1. The van der Waals surface area contributed by atoms with Crippen LogP contribution in [0.15, 0.2) is 18.3 Å². The number of carboxylic acid groups (broad SMARTS) is 1. The third-order valence-corrected chi connectivity index (χ3v) is 2.73. The van der Waals surface area contributed by atoms with Gasteiger partial charge in [0.25, 0.3) is 0 Å². The minimum Gasteiger partial charge on any atom is -0.478 e. The summed E-state index contributed by atoms with van der Waals surface area (Å²) < 4.78 is 5.52. The Morgan fingerprint density at radius 3 is 2.80 bits per heavy atom. The standard InChI is InChI=1S/C15H22N2O3/c1-11(2)20-8-7-17(4)15-12(3)9-13(10-16-15)5-6-14(18)19/h5-6,9-11H,7-8H2,1-4H3,(H,18,19)/b6-5+. The molecule has 0 atom stereocenters. The van der Waals surface area contributed by atoms with E-state index in [1.807, 2.05) is 38.8 Å². The number of rotatable bonds is 7. The molecule has 110 valence electrons. The van der Waals surface area contributed by atoms with Gasteiger partial charge in [0.05, 0.1) is 12.7 Å². The Morgan fingerprint density at radius 2 is 2.25 bits per heavy atom. The van der Waals surface area contributed by atoms with Gasteiger partial charge in [0.15, 0.2) is 0 Å². The number of pyridine rings is 1. The fourth-order valence-electron chi connectivity index (χ4n) is 1.78. The van der Waals surface area contributed by atoms with Gasteiger partial charge in [-0.2, -0.15) is 0 Å². The maximum Gasteiger partial charge on any atom is 0.328 e. The Labute approximate surface area is 119 Å². The quantitative estimate of drug-likeness (QED) is 0.776. The van der Waals surface area contributed by atoms with Crippen LogP contribution >= 0.6 is 0 Å². The van der Waals surface area contributed by atoms with Gasteiger partial charge in [0.1, 0.15) is 5.82 Å². The molecule has 0 unspecified atom stereocenters. The number of carboxylic acids is 1. The molecule has 5 nitrogen and oxygen atoms in total. The molecule has 0 fully saturated rings. The maximum atomic E-state index is 10.5. The van der Waals surface area contributed by atoms with Crippen molar-refractivity contribution in [1.82, 2.24) is 4.98 Å². The molecule has 1 aromatic rings. The minimum absolute atomic E-state index is 0.223. The molecule has 1 rings (SSSR count). The van der Waals surface area contributed by atoms with E-state index in [1.165, 1.54) is 6.08 Å². The highest BCUT2D eigenvalue weighted by molar-refractivity contribution is 5.85. The summed E-state index contributed by atoms with van der Waals surface area (Å²) in [6.07, 6.45) is 4.53. The van der Waals surface area contributed by atoms with Crippen LogP contribution in [0.2, 0.25) is 0 Å². The Balaban J connectivity index is 2.69. The lowest BCUT2D eigenvalue weighted by Gasteiger charge is -2.21. The summed E-state index contributed by atoms with van der Waals surface area (Å²) >= 11 is 0. The molecule has 0 radical (unpaired) electrons. The van der Waals surface area contributed by atoms with E-state index in [0.29, 0.717) is 6.61 Å². The number of carbonyl (C=O) groups is 1. The monoisotopic (exact) mass is 278 g/mol. The summed E-state index contributed by atoms with van der Waals surface area (Å²) in [4.78, 5) is 16.9. The first-order chi connectivity index (χ1) is 9.40. The lowest BCUT2D eigenvalue weighted by Crippen LogP contribution is -2.25. The number of anilines is 1. The van der Waals surface area contributed by atoms with Crippen molar-refractivity contribution in [2.45, 2.75) is 26.9 Å². The average Bonchev–Trinajstić information content (AvgIpc) is 2.35. The molecule has 0 aliphatic carbocycles. The second-order valence-electron chi connectivity index (χ2n) is 4.92. The lowest BCUT2D eigenvalue weighted by atomic mass is 10.2. The van der Waals surface area contributed by atoms with Crippen LogP contribution in [0.25, 0.3) is 6.08 Å². The summed E-state index contributed by atoms with van der Waals surface area (Å²) in [5.74, 6) is -0.0838. The van der Waals surface area contributed by atoms with E-state index in [9.17, 15) is 4.79 Å². The van der Waals surface area contributed by atoms with Gasteiger partial charge in [0, 0.05) is 25.9 Å². The molecule has 20 heavy (non-hydrogen) atoms. The van der Waals surface area contributed by atoms with Crippen molar-refractivity contribution in [3.63, 3.8) is 0 Å². The van der Waals surface area contributed by atoms with E-state index < -0.39 is 5.97 Å². The first-order valence-electron chi connectivity index (χ1n) is 6.60. The third kappa shape index (κ3) is 5.40. The molecule has 0 aromatic carbocycles. The van der Waals surface area contributed by atoms with Crippen molar-refractivity contribution in [3.05, 3.63) is 29.5 Å². The van der Waals surface area contributed by atoms with E-state index in [4.69, 9.17) is 9.84 Å². The molecule has 1 heterocycles. The minimum atomic E-state index is -0.963. The van der Waals surface area contributed by atoms with Gasteiger partial charge >= 0.3 is 5.97 Å². The van der Waals surface area contributed by atoms with Crippen molar-refractivity contribution in [2.75, 3.05) is 25.1 Å². The smallest absolute Gasteiger partial charge is 0.328 e. The second kappa shape index (κ2) is 7.65. The van der Waals surface area contributed by atoms with Crippen LogP contribution in [0, 0.1) is 6.92 Å². The molecule has 0 saturated carbocycles. The van der Waals surface area contributed by atoms with Crippen LogP contribution in [-0.2, 0) is 9.53 Å². The first kappa shape index (κ1) is 16.2. The number of ether oxygens (including phenoxy) is 1. The van der Waals surface area contributed by atoms with Gasteiger partial charge in [-0.3, -0.25) is 0 Å². The van der Waals surface area contributed by atoms with E-state index in [0.717, 1.165) is 29.6 Å². The number of hydrogen-bond acceptors (Lipinski definition) is 4. The van der Waals surface area contributed by atoms with Crippen molar-refractivity contribution < 1.29 is 14.6 Å². The molecule has 0 spiro atoms. The third-order valence-electron chi connectivity index (χ3n) is 2.73. The summed E-state index contributed by atoms with van der Waals surface area (Å²) in [6.45, 7) is 7.38. The van der Waals surface area contributed by atoms with Gasteiger partial charge in [-0.15, -0.1) is 0 Å². The molecule has 0 aliphatic rings. The van der Waals surface area contributed by atoms with Crippen LogP contribution in [-0.4, -0.2) is 42.4 Å². The zero-order chi connectivity index (χ0) is 15.1. The van der Waals surface area contributed by atoms with Crippen LogP contribution in [0.1, 0.15) is 25.0 Å². The second-order valence-corrected chi connectivity index (χ2v) is 4.92. The average molecular weight is 278 g/mol. The molecule has 5 heteroatoms. The Bertz CT molecular complexity index is 484. The molecular formula is C15H22N2O3. The Kier molecular flexibility index (Phi) is 6.18. The van der Waals surface area contributed by atoms with Crippen LogP contribution in [0.3, 0.4) is 0 Å². The molecule has 0 aliphatic heterocycles. The fourth-order valence-corrected chi connectivity index (χ4v) is 1.78. The molecule has 1 aromatic heterocycles. The molecule has 0 saturated heterocycles.